The van der Waals surface area contributed by atoms with Gasteiger partial charge < -0.3 is 26.8 Å². The summed E-state index contributed by atoms with van der Waals surface area (Å²) in [5, 5.41) is 24.5. The summed E-state index contributed by atoms with van der Waals surface area (Å²) in [4.78, 5) is 19.7. The van der Waals surface area contributed by atoms with Crippen LogP contribution in [0.1, 0.15) is 26.2 Å². The minimum absolute atomic E-state index is 0.167. The molecule has 0 spiro atoms. The van der Waals surface area contributed by atoms with Gasteiger partial charge in [0.25, 0.3) is 0 Å². The Morgan fingerprint density at radius 1 is 1.31 bits per heavy atom. The van der Waals surface area contributed by atoms with Gasteiger partial charge in [-0.05, 0) is 26.3 Å². The van der Waals surface area contributed by atoms with E-state index in [4.69, 9.17) is 26.8 Å². The fourth-order valence-electron chi connectivity index (χ4n) is 0.714. The average Bonchev–Trinajstić information content (AvgIpc) is 2.12. The Morgan fingerprint density at radius 2 is 1.81 bits per heavy atom. The van der Waals surface area contributed by atoms with Crippen LogP contribution in [-0.4, -0.2) is 45.9 Å². The highest BCUT2D eigenvalue weighted by Gasteiger charge is 2.08. The van der Waals surface area contributed by atoms with Crippen molar-refractivity contribution in [1.29, 1.82) is 0 Å². The van der Waals surface area contributed by atoms with Crippen LogP contribution < -0.4 is 11.5 Å². The number of aliphatic hydroxyl groups is 1. The summed E-state index contributed by atoms with van der Waals surface area (Å²) < 4.78 is 0. The highest BCUT2D eigenvalue weighted by atomic mass is 16.4. The zero-order valence-corrected chi connectivity index (χ0v) is 9.30. The normalized spacial score (nSPS) is 13.2. The van der Waals surface area contributed by atoms with Crippen molar-refractivity contribution < 1.29 is 24.9 Å². The van der Waals surface area contributed by atoms with Crippen molar-refractivity contribution in [3.63, 3.8) is 0 Å². The van der Waals surface area contributed by atoms with Crippen molar-refractivity contribution in [1.82, 2.24) is 0 Å². The van der Waals surface area contributed by atoms with Crippen LogP contribution in [0.3, 0.4) is 0 Å². The number of rotatable bonds is 6. The van der Waals surface area contributed by atoms with Gasteiger partial charge in [-0.25, -0.2) is 0 Å². The van der Waals surface area contributed by atoms with Crippen molar-refractivity contribution in [2.75, 3.05) is 6.54 Å². The lowest BCUT2D eigenvalue weighted by atomic mass is 10.2. The van der Waals surface area contributed by atoms with Crippen molar-refractivity contribution in [3.8, 4) is 0 Å². The lowest BCUT2D eigenvalue weighted by molar-refractivity contribution is -0.139. The maximum atomic E-state index is 10.0. The smallest absolute Gasteiger partial charge is 0.320 e. The maximum Gasteiger partial charge on any atom is 0.320 e. The number of carboxylic acid groups (broad SMARTS) is 2. The van der Waals surface area contributed by atoms with Gasteiger partial charge >= 0.3 is 11.9 Å². The van der Waals surface area contributed by atoms with Gasteiger partial charge in [-0.3, -0.25) is 9.59 Å². The van der Waals surface area contributed by atoms with E-state index in [1.54, 1.807) is 0 Å². The third kappa shape index (κ3) is 15.3. The summed E-state index contributed by atoms with van der Waals surface area (Å²) in [5.41, 5.74) is 10.3. The number of hydrogen-bond donors (Lipinski definition) is 5. The van der Waals surface area contributed by atoms with Crippen molar-refractivity contribution in [2.45, 2.75) is 38.3 Å². The molecule has 0 aliphatic rings. The van der Waals surface area contributed by atoms with Gasteiger partial charge in [0.05, 0.1) is 12.5 Å². The van der Waals surface area contributed by atoms with E-state index in [0.717, 1.165) is 0 Å². The Balaban J connectivity index is 0. The Hall–Kier alpha value is -1.18. The first-order chi connectivity index (χ1) is 7.31. The predicted molar refractivity (Wildman–Crippen MR) is 57.8 cm³/mol. The molecule has 7 nitrogen and oxygen atoms in total. The van der Waals surface area contributed by atoms with Crippen LogP contribution in [0.2, 0.25) is 0 Å². The molecule has 0 aromatic carbocycles. The predicted octanol–water partition coefficient (Wildman–Crippen LogP) is -1.02. The number of carboxylic acids is 2. The Kier molecular flexibility index (Phi) is 11.1. The molecule has 0 aromatic rings. The molecule has 1 unspecified atom stereocenters. The number of hydrogen-bond acceptors (Lipinski definition) is 5. The van der Waals surface area contributed by atoms with E-state index in [1.807, 2.05) is 0 Å². The molecule has 0 amide bonds. The lowest BCUT2D eigenvalue weighted by Crippen LogP contribution is -2.30. The van der Waals surface area contributed by atoms with Gasteiger partial charge in [-0.2, -0.15) is 0 Å². The van der Waals surface area contributed by atoms with E-state index in [9.17, 15) is 9.59 Å². The van der Waals surface area contributed by atoms with Crippen LogP contribution in [0, 0.1) is 0 Å². The van der Waals surface area contributed by atoms with E-state index >= 15 is 0 Å². The second-order valence-electron chi connectivity index (χ2n) is 3.32. The molecule has 0 radical (unpaired) electrons. The topological polar surface area (TPSA) is 147 Å². The fourth-order valence-corrected chi connectivity index (χ4v) is 0.714. The Bertz CT molecular complexity index is 208. The quantitative estimate of drug-likeness (QED) is 0.396. The summed E-state index contributed by atoms with van der Waals surface area (Å²) in [6.07, 6.45) is 0.247. The summed E-state index contributed by atoms with van der Waals surface area (Å²) >= 11 is 0. The molecule has 16 heavy (non-hydrogen) atoms. The van der Waals surface area contributed by atoms with Crippen molar-refractivity contribution in [2.24, 2.45) is 11.5 Å². The van der Waals surface area contributed by atoms with Crippen LogP contribution in [0.4, 0.5) is 0 Å². The third-order valence-electron chi connectivity index (χ3n) is 1.51. The molecule has 2 atom stereocenters. The SMILES string of the molecule is CC(O)CC(=O)O.NCCC[C@H](N)C(=O)O. The van der Waals surface area contributed by atoms with E-state index in [0.29, 0.717) is 19.4 Å². The zero-order valence-electron chi connectivity index (χ0n) is 9.30. The molecular weight excluding hydrogens is 216 g/mol. The lowest BCUT2D eigenvalue weighted by Gasteiger charge is -2.02. The number of carbonyl (C=O) groups is 2. The van der Waals surface area contributed by atoms with Crippen LogP contribution in [0.5, 0.6) is 0 Å². The van der Waals surface area contributed by atoms with Gasteiger partial charge in [0, 0.05) is 0 Å². The molecule has 7 N–H and O–H groups in total. The number of aliphatic hydroxyl groups excluding tert-OH is 1. The van der Waals surface area contributed by atoms with E-state index in [-0.39, 0.29) is 6.42 Å². The minimum Gasteiger partial charge on any atom is -0.481 e. The monoisotopic (exact) mass is 236 g/mol. The number of aliphatic carboxylic acids is 2. The van der Waals surface area contributed by atoms with Crippen LogP contribution in [-0.2, 0) is 9.59 Å². The maximum absolute atomic E-state index is 10.0. The summed E-state index contributed by atoms with van der Waals surface area (Å²) in [5.74, 6) is -1.92. The van der Waals surface area contributed by atoms with E-state index in [1.165, 1.54) is 6.92 Å². The molecule has 0 aromatic heterocycles. The molecule has 0 heterocycles. The van der Waals surface area contributed by atoms with Crippen LogP contribution >= 0.6 is 0 Å². The van der Waals surface area contributed by atoms with Crippen LogP contribution in [0.25, 0.3) is 0 Å². The Labute approximate surface area is 94.1 Å². The summed E-state index contributed by atoms with van der Waals surface area (Å²) in [6.45, 7) is 1.94. The number of nitrogens with two attached hydrogens (primary N) is 2. The fraction of sp³-hybridized carbons (Fsp3) is 0.778. The highest BCUT2D eigenvalue weighted by Crippen LogP contribution is 1.91. The van der Waals surface area contributed by atoms with E-state index < -0.39 is 24.1 Å². The van der Waals surface area contributed by atoms with Gasteiger partial charge in [0.1, 0.15) is 6.04 Å². The molecule has 0 aliphatic carbocycles. The molecule has 0 aliphatic heterocycles. The van der Waals surface area contributed by atoms with Gasteiger partial charge in [0.2, 0.25) is 0 Å². The minimum atomic E-state index is -0.963. The first kappa shape index (κ1) is 17.2. The van der Waals surface area contributed by atoms with Gasteiger partial charge in [-0.1, -0.05) is 0 Å². The largest absolute Gasteiger partial charge is 0.481 e. The molecular formula is C9H20N2O5. The third-order valence-corrected chi connectivity index (χ3v) is 1.51. The average molecular weight is 236 g/mol. The van der Waals surface area contributed by atoms with Crippen molar-refractivity contribution >= 4 is 11.9 Å². The molecule has 0 saturated carbocycles. The second-order valence-corrected chi connectivity index (χ2v) is 3.32. The molecule has 0 rings (SSSR count). The van der Waals surface area contributed by atoms with Gasteiger partial charge in [0.15, 0.2) is 0 Å². The molecule has 0 bridgehead atoms. The van der Waals surface area contributed by atoms with E-state index in [2.05, 4.69) is 0 Å². The molecule has 96 valence electrons. The Morgan fingerprint density at radius 3 is 2.00 bits per heavy atom. The molecule has 7 heteroatoms. The highest BCUT2D eigenvalue weighted by molar-refractivity contribution is 5.72. The second kappa shape index (κ2) is 10.3. The van der Waals surface area contributed by atoms with Gasteiger partial charge in [-0.15, -0.1) is 0 Å². The first-order valence-corrected chi connectivity index (χ1v) is 4.89. The first-order valence-electron chi connectivity index (χ1n) is 4.89. The molecule has 0 fully saturated rings. The standard InChI is InChI=1S/C5H12N2O2.C4H8O3/c6-3-1-2-4(7)5(8)9;1-3(5)2-4(6)7/h4H,1-3,6-7H2,(H,8,9);3,5H,2H2,1H3,(H,6,7)/t4-;/m0./s1. The zero-order chi connectivity index (χ0) is 13.1. The van der Waals surface area contributed by atoms with Crippen LogP contribution in [0.15, 0.2) is 0 Å². The van der Waals surface area contributed by atoms with Crippen molar-refractivity contribution in [3.05, 3.63) is 0 Å². The molecule has 0 saturated heterocycles. The summed E-state index contributed by atoms with van der Waals surface area (Å²) in [6, 6.07) is -0.742. The summed E-state index contributed by atoms with van der Waals surface area (Å²) in [7, 11) is 0.